The number of amides is 1. The first-order valence-electron chi connectivity index (χ1n) is 6.11. The van der Waals surface area contributed by atoms with E-state index in [-0.39, 0.29) is 11.7 Å². The highest BCUT2D eigenvalue weighted by Gasteiger charge is 2.10. The second-order valence-electron chi connectivity index (χ2n) is 4.26. The smallest absolute Gasteiger partial charge is 0.251 e. The molecular formula is C14H16N2O2S. The van der Waals surface area contributed by atoms with Crippen LogP contribution in [0.3, 0.4) is 0 Å². The molecule has 2 N–H and O–H groups in total. The SMILES string of the molecule is CCc1cnc(CNC(=O)c2ccc(O)cc2C)s1. The maximum Gasteiger partial charge on any atom is 0.251 e. The molecule has 1 aromatic carbocycles. The predicted molar refractivity (Wildman–Crippen MR) is 75.5 cm³/mol. The van der Waals surface area contributed by atoms with Gasteiger partial charge in [-0.1, -0.05) is 6.92 Å². The Kier molecular flexibility index (Phi) is 4.16. The highest BCUT2D eigenvalue weighted by atomic mass is 32.1. The van der Waals surface area contributed by atoms with Crippen LogP contribution in [-0.4, -0.2) is 16.0 Å². The van der Waals surface area contributed by atoms with E-state index in [0.717, 1.165) is 17.0 Å². The normalized spacial score (nSPS) is 10.4. The minimum atomic E-state index is -0.147. The molecule has 2 rings (SSSR count). The molecule has 0 fully saturated rings. The van der Waals surface area contributed by atoms with Gasteiger partial charge in [0.2, 0.25) is 0 Å². The molecule has 0 radical (unpaired) electrons. The van der Waals surface area contributed by atoms with Gasteiger partial charge >= 0.3 is 0 Å². The van der Waals surface area contributed by atoms with Gasteiger partial charge in [-0.3, -0.25) is 4.79 Å². The van der Waals surface area contributed by atoms with Gasteiger partial charge in [-0.15, -0.1) is 11.3 Å². The molecule has 0 unspecified atom stereocenters. The summed E-state index contributed by atoms with van der Waals surface area (Å²) in [4.78, 5) is 17.5. The number of rotatable bonds is 4. The van der Waals surface area contributed by atoms with Crippen LogP contribution in [0.15, 0.2) is 24.4 Å². The first-order chi connectivity index (χ1) is 9.10. The number of thiazole rings is 1. The quantitative estimate of drug-likeness (QED) is 0.902. The number of hydrogen-bond acceptors (Lipinski definition) is 4. The maximum atomic E-state index is 12.0. The highest BCUT2D eigenvalue weighted by molar-refractivity contribution is 7.11. The molecule has 0 atom stereocenters. The zero-order valence-corrected chi connectivity index (χ0v) is 11.8. The topological polar surface area (TPSA) is 62.2 Å². The Balaban J connectivity index is 2.01. The van der Waals surface area contributed by atoms with Crippen molar-refractivity contribution in [3.05, 3.63) is 45.4 Å². The fraction of sp³-hybridized carbons (Fsp3) is 0.286. The third-order valence-corrected chi connectivity index (χ3v) is 3.95. The van der Waals surface area contributed by atoms with Gasteiger partial charge in [0.05, 0.1) is 6.54 Å². The monoisotopic (exact) mass is 276 g/mol. The first-order valence-corrected chi connectivity index (χ1v) is 6.93. The highest BCUT2D eigenvalue weighted by Crippen LogP contribution is 2.16. The van der Waals surface area contributed by atoms with Gasteiger partial charge in [0, 0.05) is 16.6 Å². The Morgan fingerprint density at radius 3 is 2.89 bits per heavy atom. The molecule has 100 valence electrons. The molecule has 0 aliphatic rings. The number of phenolic OH excluding ortho intramolecular Hbond substituents is 1. The molecule has 5 heteroatoms. The number of benzene rings is 1. The Labute approximate surface area is 116 Å². The lowest BCUT2D eigenvalue weighted by atomic mass is 10.1. The number of carbonyl (C=O) groups excluding carboxylic acids is 1. The van der Waals surface area contributed by atoms with Crippen LogP contribution < -0.4 is 5.32 Å². The molecule has 0 spiro atoms. The minimum Gasteiger partial charge on any atom is -0.508 e. The number of carbonyl (C=O) groups is 1. The van der Waals surface area contributed by atoms with Crippen molar-refractivity contribution in [2.45, 2.75) is 26.8 Å². The molecule has 0 bridgehead atoms. The summed E-state index contributed by atoms with van der Waals surface area (Å²) in [5, 5.41) is 13.1. The lowest BCUT2D eigenvalue weighted by Gasteiger charge is -2.06. The third kappa shape index (κ3) is 3.32. The summed E-state index contributed by atoms with van der Waals surface area (Å²) >= 11 is 1.61. The van der Waals surface area contributed by atoms with Crippen LogP contribution in [0.25, 0.3) is 0 Å². The number of aromatic hydroxyl groups is 1. The molecule has 1 amide bonds. The summed E-state index contributed by atoms with van der Waals surface area (Å²) in [6, 6.07) is 4.72. The van der Waals surface area contributed by atoms with E-state index < -0.39 is 0 Å². The van der Waals surface area contributed by atoms with E-state index in [4.69, 9.17) is 0 Å². The van der Waals surface area contributed by atoms with Crippen LogP contribution in [0.5, 0.6) is 5.75 Å². The average Bonchev–Trinajstić information content (AvgIpc) is 2.84. The van der Waals surface area contributed by atoms with Crippen LogP contribution in [0.1, 0.15) is 32.7 Å². The van der Waals surface area contributed by atoms with E-state index >= 15 is 0 Å². The fourth-order valence-electron chi connectivity index (χ4n) is 1.75. The molecule has 0 saturated carbocycles. The Morgan fingerprint density at radius 2 is 2.26 bits per heavy atom. The van der Waals surface area contributed by atoms with Crippen molar-refractivity contribution in [1.29, 1.82) is 0 Å². The molecule has 4 nitrogen and oxygen atoms in total. The van der Waals surface area contributed by atoms with Crippen molar-refractivity contribution in [3.8, 4) is 5.75 Å². The zero-order chi connectivity index (χ0) is 13.8. The van der Waals surface area contributed by atoms with E-state index in [1.807, 2.05) is 6.20 Å². The fourth-order valence-corrected chi connectivity index (χ4v) is 2.55. The molecule has 19 heavy (non-hydrogen) atoms. The second kappa shape index (κ2) is 5.84. The van der Waals surface area contributed by atoms with E-state index in [0.29, 0.717) is 12.1 Å². The van der Waals surface area contributed by atoms with Crippen LogP contribution >= 0.6 is 11.3 Å². The molecular weight excluding hydrogens is 260 g/mol. The van der Waals surface area contributed by atoms with Crippen LogP contribution in [-0.2, 0) is 13.0 Å². The van der Waals surface area contributed by atoms with E-state index in [2.05, 4.69) is 17.2 Å². The molecule has 0 aliphatic carbocycles. The van der Waals surface area contributed by atoms with Gasteiger partial charge in [-0.25, -0.2) is 4.98 Å². The third-order valence-electron chi connectivity index (χ3n) is 2.80. The van der Waals surface area contributed by atoms with E-state index in [1.165, 1.54) is 10.9 Å². The number of nitrogens with one attached hydrogen (secondary N) is 1. The molecule has 0 aliphatic heterocycles. The summed E-state index contributed by atoms with van der Waals surface area (Å²) in [6.07, 6.45) is 2.81. The van der Waals surface area contributed by atoms with Gasteiger partial charge in [0.25, 0.3) is 5.91 Å². The van der Waals surface area contributed by atoms with Crippen molar-refractivity contribution >= 4 is 17.2 Å². The van der Waals surface area contributed by atoms with Gasteiger partial charge in [0.15, 0.2) is 0 Å². The van der Waals surface area contributed by atoms with Crippen molar-refractivity contribution in [3.63, 3.8) is 0 Å². The largest absolute Gasteiger partial charge is 0.508 e. The van der Waals surface area contributed by atoms with Gasteiger partial charge in [0.1, 0.15) is 10.8 Å². The van der Waals surface area contributed by atoms with Crippen LogP contribution in [0.4, 0.5) is 0 Å². The Bertz CT molecular complexity index is 593. The van der Waals surface area contributed by atoms with Crippen LogP contribution in [0, 0.1) is 6.92 Å². The number of aromatic nitrogens is 1. The zero-order valence-electron chi connectivity index (χ0n) is 10.9. The molecule has 1 aromatic heterocycles. The summed E-state index contributed by atoms with van der Waals surface area (Å²) in [5.74, 6) is 0.0207. The molecule has 0 saturated heterocycles. The lowest BCUT2D eigenvalue weighted by molar-refractivity contribution is 0.0950. The first kappa shape index (κ1) is 13.5. The molecule has 1 heterocycles. The lowest BCUT2D eigenvalue weighted by Crippen LogP contribution is -2.23. The Morgan fingerprint density at radius 1 is 1.47 bits per heavy atom. The maximum absolute atomic E-state index is 12.0. The van der Waals surface area contributed by atoms with Crippen molar-refractivity contribution in [2.75, 3.05) is 0 Å². The minimum absolute atomic E-state index is 0.147. The average molecular weight is 276 g/mol. The van der Waals surface area contributed by atoms with E-state index in [1.54, 1.807) is 30.4 Å². The van der Waals surface area contributed by atoms with Crippen LogP contribution in [0.2, 0.25) is 0 Å². The van der Waals surface area contributed by atoms with E-state index in [9.17, 15) is 9.90 Å². The van der Waals surface area contributed by atoms with Gasteiger partial charge in [-0.2, -0.15) is 0 Å². The Hall–Kier alpha value is -1.88. The number of hydrogen-bond donors (Lipinski definition) is 2. The summed E-state index contributed by atoms with van der Waals surface area (Å²) in [5.41, 5.74) is 1.33. The predicted octanol–water partition coefficient (Wildman–Crippen LogP) is 2.65. The summed E-state index contributed by atoms with van der Waals surface area (Å²) in [7, 11) is 0. The number of aryl methyl sites for hydroxylation is 2. The summed E-state index contributed by atoms with van der Waals surface area (Å²) < 4.78 is 0. The number of nitrogens with zero attached hydrogens (tertiary/aromatic N) is 1. The summed E-state index contributed by atoms with van der Waals surface area (Å²) in [6.45, 7) is 4.31. The standard InChI is InChI=1S/C14H16N2O2S/c1-3-11-7-15-13(19-11)8-16-14(18)12-5-4-10(17)6-9(12)2/h4-7,17H,3,8H2,1-2H3,(H,16,18). The van der Waals surface area contributed by atoms with Crippen molar-refractivity contribution in [2.24, 2.45) is 0 Å². The second-order valence-corrected chi connectivity index (χ2v) is 5.46. The van der Waals surface area contributed by atoms with Crippen molar-refractivity contribution < 1.29 is 9.90 Å². The van der Waals surface area contributed by atoms with Gasteiger partial charge in [-0.05, 0) is 37.1 Å². The molecule has 2 aromatic rings. The number of phenols is 1. The van der Waals surface area contributed by atoms with Crippen molar-refractivity contribution in [1.82, 2.24) is 10.3 Å². The van der Waals surface area contributed by atoms with Gasteiger partial charge < -0.3 is 10.4 Å².